The third-order valence-corrected chi connectivity index (χ3v) is 9.72. The Morgan fingerprint density at radius 2 is 0.984 bits per heavy atom. The number of ketones is 1. The van der Waals surface area contributed by atoms with Crippen LogP contribution in [-0.2, 0) is 26.4 Å². The molecule has 1 N–H and O–H groups in total. The first kappa shape index (κ1) is 44.0. The number of rotatable bonds is 16. The van der Waals surface area contributed by atoms with Crippen LogP contribution < -0.4 is 18.9 Å². The molecule has 6 aromatic carbocycles. The number of aryl methyl sites for hydroxylation is 2. The molecule has 0 atom stereocenters. The molecule has 0 spiro atoms. The van der Waals surface area contributed by atoms with Crippen LogP contribution in [0.15, 0.2) is 155 Å². The highest BCUT2D eigenvalue weighted by Crippen LogP contribution is 2.27. The molecule has 0 amide bonds. The maximum absolute atomic E-state index is 13.4. The van der Waals surface area contributed by atoms with Crippen molar-refractivity contribution in [3.8, 4) is 45.9 Å². The van der Waals surface area contributed by atoms with E-state index in [1.165, 1.54) is 36.8 Å². The van der Waals surface area contributed by atoms with Crippen molar-refractivity contribution in [1.82, 2.24) is 9.97 Å². The van der Waals surface area contributed by atoms with Crippen molar-refractivity contribution in [2.24, 2.45) is 0 Å². The topological polar surface area (TPSA) is 143 Å². The fourth-order valence-electron chi connectivity index (χ4n) is 6.68. The summed E-state index contributed by atoms with van der Waals surface area (Å²) < 4.78 is 60.6. The van der Waals surface area contributed by atoms with Gasteiger partial charge in [0.1, 0.15) is 85.0 Å². The van der Waals surface area contributed by atoms with E-state index >= 15 is 0 Å². The summed E-state index contributed by atoms with van der Waals surface area (Å²) in [5.41, 5.74) is 6.41. The number of hydrogen-bond acceptors (Lipinski definition) is 10. The van der Waals surface area contributed by atoms with Gasteiger partial charge in [0.15, 0.2) is 5.78 Å². The van der Waals surface area contributed by atoms with Gasteiger partial charge in [-0.3, -0.25) is 4.79 Å². The molecule has 11 nitrogen and oxygen atoms in total. The highest BCUT2D eigenvalue weighted by molar-refractivity contribution is 5.97. The Hall–Kier alpha value is -8.06. The summed E-state index contributed by atoms with van der Waals surface area (Å²) in [7, 11) is 0. The van der Waals surface area contributed by atoms with Gasteiger partial charge < -0.3 is 32.9 Å². The monoisotopic (exact) mass is 864 g/mol. The minimum Gasteiger partial charge on any atom is -0.489 e. The minimum atomic E-state index is -0.980. The van der Waals surface area contributed by atoms with E-state index in [1.54, 1.807) is 86.6 Å². The molecule has 0 fully saturated rings. The summed E-state index contributed by atoms with van der Waals surface area (Å²) in [4.78, 5) is 32.2. The lowest BCUT2D eigenvalue weighted by molar-refractivity contribution is 0.0692. The lowest BCUT2D eigenvalue weighted by Gasteiger charge is -2.12. The Bertz CT molecular complexity index is 2870. The number of halogens is 2. The van der Waals surface area contributed by atoms with Crippen LogP contribution in [0.1, 0.15) is 61.3 Å². The summed E-state index contributed by atoms with van der Waals surface area (Å²) >= 11 is 0. The second-order valence-electron chi connectivity index (χ2n) is 14.5. The van der Waals surface area contributed by atoms with Gasteiger partial charge in [0.2, 0.25) is 11.8 Å². The highest BCUT2D eigenvalue weighted by atomic mass is 19.1. The maximum atomic E-state index is 13.4. The van der Waals surface area contributed by atoms with Gasteiger partial charge >= 0.3 is 5.97 Å². The maximum Gasteiger partial charge on any atom is 0.336 e. The molecule has 0 saturated heterocycles. The zero-order valence-corrected chi connectivity index (χ0v) is 35.0. The average Bonchev–Trinajstić information content (AvgIpc) is 3.98. The molecule has 64 heavy (non-hydrogen) atoms. The van der Waals surface area contributed by atoms with Crippen LogP contribution in [0.25, 0.3) is 22.9 Å². The smallest absolute Gasteiger partial charge is 0.336 e. The summed E-state index contributed by atoms with van der Waals surface area (Å²) in [6, 6.07) is 37.3. The SMILES string of the molecule is CC(=O)c1c(C)cccc1COc1cccc(OCc2coc(-c3cccc(F)c3)n2)c1.Cc1cccc(COc2cccc(OCc3coc(-c4ccc(F)cc4)n3)c2)c1C(=O)O. The van der Waals surface area contributed by atoms with Crippen molar-refractivity contribution in [2.45, 2.75) is 47.2 Å². The van der Waals surface area contributed by atoms with Crippen molar-refractivity contribution in [2.75, 3.05) is 0 Å². The van der Waals surface area contributed by atoms with Gasteiger partial charge in [-0.25, -0.2) is 23.5 Å². The van der Waals surface area contributed by atoms with Crippen LogP contribution in [0.2, 0.25) is 0 Å². The Kier molecular flexibility index (Phi) is 14.2. The van der Waals surface area contributed by atoms with E-state index in [4.69, 9.17) is 27.8 Å². The van der Waals surface area contributed by atoms with Crippen molar-refractivity contribution in [3.05, 3.63) is 202 Å². The van der Waals surface area contributed by atoms with Crippen molar-refractivity contribution in [3.63, 3.8) is 0 Å². The second-order valence-corrected chi connectivity index (χ2v) is 14.5. The molecule has 0 aliphatic carbocycles. The number of hydrogen-bond donors (Lipinski definition) is 1. The zero-order chi connectivity index (χ0) is 45.0. The average molecular weight is 865 g/mol. The number of oxazole rings is 2. The number of carboxylic acid groups (broad SMARTS) is 1. The number of ether oxygens (including phenoxy) is 4. The quantitative estimate of drug-likeness (QED) is 0.0927. The van der Waals surface area contributed by atoms with Gasteiger partial charge in [-0.15, -0.1) is 0 Å². The Morgan fingerprint density at radius 1 is 0.531 bits per heavy atom. The number of carbonyl (C=O) groups excluding carboxylic acids is 1. The fraction of sp³-hybridized carbons (Fsp3) is 0.137. The normalized spacial score (nSPS) is 10.7. The first-order valence-electron chi connectivity index (χ1n) is 20.0. The molecule has 13 heteroatoms. The van der Waals surface area contributed by atoms with Crippen LogP contribution in [-0.4, -0.2) is 26.8 Å². The van der Waals surface area contributed by atoms with E-state index in [0.29, 0.717) is 74.0 Å². The van der Waals surface area contributed by atoms with E-state index in [9.17, 15) is 23.5 Å². The molecule has 0 aliphatic rings. The van der Waals surface area contributed by atoms with Crippen LogP contribution in [0.4, 0.5) is 8.78 Å². The Labute approximate surface area is 367 Å². The van der Waals surface area contributed by atoms with Gasteiger partial charge in [-0.05, 0) is 98.6 Å². The van der Waals surface area contributed by atoms with E-state index in [1.807, 2.05) is 43.3 Å². The molecule has 0 aliphatic heterocycles. The fourth-order valence-corrected chi connectivity index (χ4v) is 6.68. The van der Waals surface area contributed by atoms with Gasteiger partial charge in [0, 0.05) is 39.9 Å². The molecular formula is C51H42F2N2O9. The first-order chi connectivity index (χ1) is 31.0. The van der Waals surface area contributed by atoms with E-state index in [-0.39, 0.29) is 49.4 Å². The molecule has 0 unspecified atom stereocenters. The molecule has 0 bridgehead atoms. The van der Waals surface area contributed by atoms with E-state index in [2.05, 4.69) is 9.97 Å². The van der Waals surface area contributed by atoms with Crippen LogP contribution >= 0.6 is 0 Å². The van der Waals surface area contributed by atoms with Crippen LogP contribution in [0, 0.1) is 25.5 Å². The Morgan fingerprint density at radius 3 is 1.48 bits per heavy atom. The predicted molar refractivity (Wildman–Crippen MR) is 233 cm³/mol. The molecule has 2 heterocycles. The third kappa shape index (κ3) is 11.6. The molecule has 2 aromatic heterocycles. The largest absolute Gasteiger partial charge is 0.489 e. The van der Waals surface area contributed by atoms with Crippen molar-refractivity contribution in [1.29, 1.82) is 0 Å². The second kappa shape index (κ2) is 20.7. The van der Waals surface area contributed by atoms with Crippen LogP contribution in [0.5, 0.6) is 23.0 Å². The number of Topliss-reactive ketones (excluding diaryl/α,β-unsaturated/α-hetero) is 1. The van der Waals surface area contributed by atoms with Gasteiger partial charge in [-0.1, -0.05) is 54.6 Å². The highest BCUT2D eigenvalue weighted by Gasteiger charge is 2.15. The standard InChI is InChI=1S/C26H22FNO4.C25H20FNO5/c1-17-6-3-8-20(25(17)18(2)29)14-30-23-10-5-11-24(13-23)31-15-22-16-32-26(28-22)19-7-4-9-21(27)12-19;1-16-4-2-5-18(23(16)25(28)29)13-30-21-6-3-7-22(12-21)31-14-20-15-32-24(27-20)17-8-10-19(26)11-9-17/h3-13,16H,14-15H2,1-2H3;2-12,15H,13-14H2,1H3,(H,28,29). The number of nitrogens with zero attached hydrogens (tertiary/aromatic N) is 2. The van der Waals surface area contributed by atoms with Gasteiger partial charge in [0.05, 0.1) is 5.56 Å². The number of aromatic carboxylic acids is 1. The predicted octanol–water partition coefficient (Wildman–Crippen LogP) is 11.8. The molecule has 324 valence electrons. The molecule has 8 aromatic rings. The summed E-state index contributed by atoms with van der Waals surface area (Å²) in [6.07, 6.45) is 2.98. The lowest BCUT2D eigenvalue weighted by Crippen LogP contribution is -2.07. The van der Waals surface area contributed by atoms with Gasteiger partial charge in [-0.2, -0.15) is 0 Å². The number of aromatic nitrogens is 2. The van der Waals surface area contributed by atoms with E-state index < -0.39 is 5.97 Å². The molecule has 0 radical (unpaired) electrons. The van der Waals surface area contributed by atoms with Crippen molar-refractivity contribution < 1.29 is 51.3 Å². The minimum absolute atomic E-state index is 0.0176. The zero-order valence-electron chi connectivity index (χ0n) is 35.0. The molecule has 0 saturated carbocycles. The number of carbonyl (C=O) groups is 2. The van der Waals surface area contributed by atoms with Gasteiger partial charge in [0.25, 0.3) is 0 Å². The van der Waals surface area contributed by atoms with Crippen molar-refractivity contribution >= 4 is 11.8 Å². The summed E-state index contributed by atoms with van der Waals surface area (Å²) in [6.45, 7) is 6.00. The van der Waals surface area contributed by atoms with Crippen LogP contribution in [0.3, 0.4) is 0 Å². The third-order valence-electron chi connectivity index (χ3n) is 9.72. The van der Waals surface area contributed by atoms with E-state index in [0.717, 1.165) is 11.1 Å². The molecule has 8 rings (SSSR count). The number of carboxylic acids is 1. The molecular weight excluding hydrogens is 823 g/mol. The Balaban J connectivity index is 0.000000191. The lowest BCUT2D eigenvalue weighted by atomic mass is 9.99. The first-order valence-corrected chi connectivity index (χ1v) is 20.0. The summed E-state index contributed by atoms with van der Waals surface area (Å²) in [5.74, 6) is 1.42. The summed E-state index contributed by atoms with van der Waals surface area (Å²) in [5, 5.41) is 9.45. The number of benzene rings is 6.